The van der Waals surface area contributed by atoms with Crippen LogP contribution >= 0.6 is 0 Å². The molecular formula is C16H20O6. The van der Waals surface area contributed by atoms with Gasteiger partial charge in [0.1, 0.15) is 0 Å². The summed E-state index contributed by atoms with van der Waals surface area (Å²) in [6.07, 6.45) is 1.53. The third-order valence-electron chi connectivity index (χ3n) is 2.72. The van der Waals surface area contributed by atoms with Gasteiger partial charge in [0.25, 0.3) is 0 Å². The summed E-state index contributed by atoms with van der Waals surface area (Å²) in [5.41, 5.74) is 0.460. The number of benzene rings is 1. The largest absolute Gasteiger partial charge is 0.481 e. The maximum absolute atomic E-state index is 11.6. The van der Waals surface area contributed by atoms with E-state index in [1.165, 1.54) is 18.2 Å². The zero-order chi connectivity index (χ0) is 16.5. The van der Waals surface area contributed by atoms with Gasteiger partial charge in [0, 0.05) is 12.8 Å². The Morgan fingerprint density at radius 1 is 0.955 bits per heavy atom. The van der Waals surface area contributed by atoms with Crippen molar-refractivity contribution in [2.24, 2.45) is 0 Å². The Hall–Kier alpha value is -2.37. The van der Waals surface area contributed by atoms with Crippen LogP contribution in [0.4, 0.5) is 0 Å². The summed E-state index contributed by atoms with van der Waals surface area (Å²) in [5.74, 6) is -1.69. The second-order valence-corrected chi connectivity index (χ2v) is 4.80. The lowest BCUT2D eigenvalue weighted by Crippen LogP contribution is -2.12. The second-order valence-electron chi connectivity index (χ2n) is 4.80. The SMILES string of the molecule is CCCC(=O)Oc1ccc(CC(=O)O)cc1OC(=O)CCC. The average Bonchev–Trinajstić information content (AvgIpc) is 2.41. The monoisotopic (exact) mass is 308 g/mol. The van der Waals surface area contributed by atoms with E-state index in [1.807, 2.05) is 13.8 Å². The molecule has 6 heteroatoms. The molecule has 0 bridgehead atoms. The highest BCUT2D eigenvalue weighted by atomic mass is 16.6. The van der Waals surface area contributed by atoms with Crippen LogP contribution in [0.1, 0.15) is 45.1 Å². The van der Waals surface area contributed by atoms with Gasteiger partial charge >= 0.3 is 17.9 Å². The van der Waals surface area contributed by atoms with Crippen molar-refractivity contribution in [3.05, 3.63) is 23.8 Å². The van der Waals surface area contributed by atoms with E-state index in [4.69, 9.17) is 14.6 Å². The van der Waals surface area contributed by atoms with Crippen molar-refractivity contribution in [1.82, 2.24) is 0 Å². The standard InChI is InChI=1S/C16H20O6/c1-3-5-15(19)21-12-8-7-11(10-14(17)18)9-13(12)22-16(20)6-4-2/h7-9H,3-6,10H2,1-2H3,(H,17,18). The van der Waals surface area contributed by atoms with Gasteiger partial charge < -0.3 is 14.6 Å². The van der Waals surface area contributed by atoms with Gasteiger partial charge in [-0.15, -0.1) is 0 Å². The number of carboxylic acid groups (broad SMARTS) is 1. The molecule has 0 aliphatic heterocycles. The molecule has 0 amide bonds. The molecule has 0 aliphatic rings. The Labute approximate surface area is 129 Å². The van der Waals surface area contributed by atoms with Gasteiger partial charge in [0.15, 0.2) is 11.5 Å². The highest BCUT2D eigenvalue weighted by Gasteiger charge is 2.15. The molecule has 1 aromatic carbocycles. The maximum atomic E-state index is 11.6. The van der Waals surface area contributed by atoms with Crippen LogP contribution in [0.3, 0.4) is 0 Å². The average molecular weight is 308 g/mol. The predicted molar refractivity (Wildman–Crippen MR) is 78.9 cm³/mol. The normalized spacial score (nSPS) is 10.1. The van der Waals surface area contributed by atoms with Crippen LogP contribution < -0.4 is 9.47 Å². The lowest BCUT2D eigenvalue weighted by molar-refractivity contribution is -0.137. The third kappa shape index (κ3) is 5.95. The van der Waals surface area contributed by atoms with Crippen molar-refractivity contribution < 1.29 is 29.0 Å². The zero-order valence-corrected chi connectivity index (χ0v) is 12.8. The molecule has 120 valence electrons. The van der Waals surface area contributed by atoms with Gasteiger partial charge in [0.2, 0.25) is 0 Å². The Morgan fingerprint density at radius 3 is 2.00 bits per heavy atom. The number of aliphatic carboxylic acids is 1. The molecule has 0 radical (unpaired) electrons. The first-order chi connectivity index (χ1) is 10.5. The van der Waals surface area contributed by atoms with Crippen LogP contribution in [-0.2, 0) is 20.8 Å². The van der Waals surface area contributed by atoms with Crippen molar-refractivity contribution in [2.75, 3.05) is 0 Å². The number of carbonyl (C=O) groups is 3. The van der Waals surface area contributed by atoms with Crippen LogP contribution in [0.25, 0.3) is 0 Å². The molecule has 6 nitrogen and oxygen atoms in total. The molecule has 1 N–H and O–H groups in total. The fraction of sp³-hybridized carbons (Fsp3) is 0.438. The smallest absolute Gasteiger partial charge is 0.311 e. The van der Waals surface area contributed by atoms with Crippen LogP contribution in [0, 0.1) is 0 Å². The summed E-state index contributed by atoms with van der Waals surface area (Å²) in [7, 11) is 0. The first kappa shape index (κ1) is 17.7. The fourth-order valence-corrected chi connectivity index (χ4v) is 1.76. The summed E-state index contributed by atoms with van der Waals surface area (Å²) in [4.78, 5) is 34.0. The van der Waals surface area contributed by atoms with E-state index < -0.39 is 17.9 Å². The number of carbonyl (C=O) groups excluding carboxylic acids is 2. The van der Waals surface area contributed by atoms with Gasteiger partial charge in [-0.25, -0.2) is 0 Å². The molecule has 0 atom stereocenters. The van der Waals surface area contributed by atoms with E-state index in [0.717, 1.165) is 0 Å². The molecule has 1 rings (SSSR count). The minimum atomic E-state index is -0.999. The Balaban J connectivity index is 2.99. The topological polar surface area (TPSA) is 89.9 Å². The number of esters is 2. The Bertz CT molecular complexity index is 550. The molecule has 0 saturated carbocycles. The van der Waals surface area contributed by atoms with Crippen molar-refractivity contribution >= 4 is 17.9 Å². The van der Waals surface area contributed by atoms with Crippen molar-refractivity contribution in [1.29, 1.82) is 0 Å². The van der Waals surface area contributed by atoms with E-state index in [2.05, 4.69) is 0 Å². The third-order valence-corrected chi connectivity index (χ3v) is 2.72. The number of hydrogen-bond acceptors (Lipinski definition) is 5. The van der Waals surface area contributed by atoms with Crippen LogP contribution in [0.15, 0.2) is 18.2 Å². The van der Waals surface area contributed by atoms with Gasteiger partial charge in [0.05, 0.1) is 6.42 Å². The molecule has 1 aromatic rings. The molecule has 0 unspecified atom stereocenters. The van der Waals surface area contributed by atoms with E-state index in [9.17, 15) is 14.4 Å². The lowest BCUT2D eigenvalue weighted by atomic mass is 10.1. The first-order valence-corrected chi connectivity index (χ1v) is 7.22. The van der Waals surface area contributed by atoms with Gasteiger partial charge in [-0.3, -0.25) is 14.4 Å². The molecule has 0 heterocycles. The number of hydrogen-bond donors (Lipinski definition) is 1. The lowest BCUT2D eigenvalue weighted by Gasteiger charge is -2.11. The Kier molecular flexibility index (Phi) is 7.08. The maximum Gasteiger partial charge on any atom is 0.311 e. The molecule has 0 saturated heterocycles. The minimum Gasteiger partial charge on any atom is -0.481 e. The summed E-state index contributed by atoms with van der Waals surface area (Å²) >= 11 is 0. The van der Waals surface area contributed by atoms with Gasteiger partial charge in [-0.05, 0) is 30.5 Å². The second kappa shape index (κ2) is 8.81. The molecule has 0 aliphatic carbocycles. The number of ether oxygens (including phenoxy) is 2. The minimum absolute atomic E-state index is 0.0710. The zero-order valence-electron chi connectivity index (χ0n) is 12.8. The molecular weight excluding hydrogens is 288 g/mol. The van der Waals surface area contributed by atoms with Crippen molar-refractivity contribution in [2.45, 2.75) is 46.0 Å². The summed E-state index contributed by atoms with van der Waals surface area (Å²) in [6, 6.07) is 4.39. The highest BCUT2D eigenvalue weighted by molar-refractivity contribution is 5.77. The van der Waals surface area contributed by atoms with E-state index in [0.29, 0.717) is 18.4 Å². The van der Waals surface area contributed by atoms with Gasteiger partial charge in [-0.1, -0.05) is 19.9 Å². The van der Waals surface area contributed by atoms with Gasteiger partial charge in [-0.2, -0.15) is 0 Å². The van der Waals surface area contributed by atoms with Crippen LogP contribution in [0.2, 0.25) is 0 Å². The van der Waals surface area contributed by atoms with Crippen molar-refractivity contribution in [3.63, 3.8) is 0 Å². The van der Waals surface area contributed by atoms with Crippen molar-refractivity contribution in [3.8, 4) is 11.5 Å². The molecule has 0 spiro atoms. The van der Waals surface area contributed by atoms with E-state index in [-0.39, 0.29) is 30.8 Å². The molecule has 0 fully saturated rings. The summed E-state index contributed by atoms with van der Waals surface area (Å²) in [6.45, 7) is 3.68. The van der Waals surface area contributed by atoms with E-state index >= 15 is 0 Å². The summed E-state index contributed by atoms with van der Waals surface area (Å²) < 4.78 is 10.3. The quantitative estimate of drug-likeness (QED) is 0.586. The van der Waals surface area contributed by atoms with Crippen LogP contribution in [-0.4, -0.2) is 23.0 Å². The predicted octanol–water partition coefficient (Wildman–Crippen LogP) is 2.72. The molecule has 22 heavy (non-hydrogen) atoms. The summed E-state index contributed by atoms with van der Waals surface area (Å²) in [5, 5.41) is 8.82. The van der Waals surface area contributed by atoms with Crippen LogP contribution in [0.5, 0.6) is 11.5 Å². The number of rotatable bonds is 8. The highest BCUT2D eigenvalue weighted by Crippen LogP contribution is 2.29. The Morgan fingerprint density at radius 2 is 1.50 bits per heavy atom. The fourth-order valence-electron chi connectivity index (χ4n) is 1.76. The molecule has 0 aromatic heterocycles. The van der Waals surface area contributed by atoms with E-state index in [1.54, 1.807) is 0 Å². The number of carboxylic acids is 1. The first-order valence-electron chi connectivity index (χ1n) is 7.22.